The second kappa shape index (κ2) is 9.85. The molecule has 5 nitrogen and oxygen atoms in total. The molecule has 6 heteroatoms. The number of carboxylic acids is 1. The van der Waals surface area contributed by atoms with E-state index in [1.54, 1.807) is 12.1 Å². The molecule has 1 saturated heterocycles. The molecule has 2 aromatic rings. The molecule has 0 aromatic heterocycles. The number of aliphatic carboxylic acids is 1. The number of piperidine rings is 1. The van der Waals surface area contributed by atoms with Crippen LogP contribution in [0.15, 0.2) is 54.6 Å². The zero-order valence-corrected chi connectivity index (χ0v) is 16.5. The number of halogens is 1. The number of rotatable bonds is 9. The van der Waals surface area contributed by atoms with Crippen LogP contribution in [0.1, 0.15) is 24.8 Å². The summed E-state index contributed by atoms with van der Waals surface area (Å²) in [5.74, 6) is -0.594. The Morgan fingerprint density at radius 1 is 1.17 bits per heavy atom. The summed E-state index contributed by atoms with van der Waals surface area (Å²) in [4.78, 5) is 14.2. The number of nitrogens with zero attached hydrogens (tertiary/aromatic N) is 1. The fourth-order valence-corrected chi connectivity index (χ4v) is 3.97. The van der Waals surface area contributed by atoms with E-state index in [1.807, 2.05) is 30.3 Å². The summed E-state index contributed by atoms with van der Waals surface area (Å²) < 4.78 is 19.2. The third-order valence-electron chi connectivity index (χ3n) is 5.58. The molecule has 0 bridgehead atoms. The molecule has 1 fully saturated rings. The van der Waals surface area contributed by atoms with Crippen LogP contribution in [0.25, 0.3) is 0 Å². The zero-order valence-electron chi connectivity index (χ0n) is 16.5. The first-order valence-corrected chi connectivity index (χ1v) is 10.1. The molecule has 0 radical (unpaired) electrons. The van der Waals surface area contributed by atoms with Crippen molar-refractivity contribution in [1.29, 1.82) is 0 Å². The molecule has 0 unspecified atom stereocenters. The molecule has 2 N–H and O–H groups in total. The maximum atomic E-state index is 13.6. The van der Waals surface area contributed by atoms with E-state index in [4.69, 9.17) is 4.74 Å². The van der Waals surface area contributed by atoms with Gasteiger partial charge >= 0.3 is 5.97 Å². The molecule has 156 valence electrons. The van der Waals surface area contributed by atoms with Crippen LogP contribution in [0.4, 0.5) is 4.39 Å². The van der Waals surface area contributed by atoms with Crippen molar-refractivity contribution in [3.8, 4) is 5.75 Å². The number of carboxylic acid groups (broad SMARTS) is 1. The number of para-hydroxylation sites is 1. The average Bonchev–Trinajstić information content (AvgIpc) is 2.71. The summed E-state index contributed by atoms with van der Waals surface area (Å²) in [6, 6.07) is 15.6. The van der Waals surface area contributed by atoms with Gasteiger partial charge < -0.3 is 19.8 Å². The fourth-order valence-electron chi connectivity index (χ4n) is 3.97. The lowest BCUT2D eigenvalue weighted by Crippen LogP contribution is -2.57. The van der Waals surface area contributed by atoms with Crippen molar-refractivity contribution in [3.05, 3.63) is 66.0 Å². The quantitative estimate of drug-likeness (QED) is 0.631. The molecular formula is C23H28FNO4. The van der Waals surface area contributed by atoms with E-state index in [-0.39, 0.29) is 13.0 Å². The number of aliphatic hydroxyl groups excluding tert-OH is 1. The van der Waals surface area contributed by atoms with Crippen molar-refractivity contribution in [2.75, 3.05) is 26.2 Å². The van der Waals surface area contributed by atoms with Crippen LogP contribution in [0, 0.1) is 11.2 Å². The second-order valence-corrected chi connectivity index (χ2v) is 7.72. The molecule has 0 aliphatic carbocycles. The van der Waals surface area contributed by atoms with Gasteiger partial charge in [0.2, 0.25) is 0 Å². The molecule has 2 aromatic carbocycles. The van der Waals surface area contributed by atoms with Crippen LogP contribution < -0.4 is 4.74 Å². The van der Waals surface area contributed by atoms with Crippen LogP contribution in [0.2, 0.25) is 0 Å². The highest BCUT2D eigenvalue weighted by atomic mass is 19.1. The van der Waals surface area contributed by atoms with Crippen molar-refractivity contribution in [2.24, 2.45) is 5.41 Å². The monoisotopic (exact) mass is 401 g/mol. The number of aliphatic hydroxyl groups is 1. The molecule has 0 saturated carbocycles. The van der Waals surface area contributed by atoms with Gasteiger partial charge in [0.15, 0.2) is 0 Å². The molecule has 2 atom stereocenters. The molecular weight excluding hydrogens is 373 g/mol. The van der Waals surface area contributed by atoms with Gasteiger partial charge in [-0.05, 0) is 62.1 Å². The van der Waals surface area contributed by atoms with Crippen LogP contribution in [0.5, 0.6) is 5.75 Å². The van der Waals surface area contributed by atoms with Crippen molar-refractivity contribution < 1.29 is 24.1 Å². The molecule has 1 aliphatic heterocycles. The average molecular weight is 401 g/mol. The highest BCUT2D eigenvalue weighted by Crippen LogP contribution is 2.35. The molecule has 0 spiro atoms. The minimum absolute atomic E-state index is 0.106. The number of ether oxygens (including phenoxy) is 1. The van der Waals surface area contributed by atoms with E-state index in [0.717, 1.165) is 25.1 Å². The third kappa shape index (κ3) is 5.55. The highest BCUT2D eigenvalue weighted by Gasteiger charge is 2.49. The summed E-state index contributed by atoms with van der Waals surface area (Å²) in [7, 11) is 0. The molecule has 29 heavy (non-hydrogen) atoms. The zero-order chi connectivity index (χ0) is 20.7. The van der Waals surface area contributed by atoms with E-state index in [0.29, 0.717) is 25.1 Å². The maximum Gasteiger partial charge on any atom is 0.313 e. The normalized spacial score (nSPS) is 22.3. The van der Waals surface area contributed by atoms with E-state index < -0.39 is 23.3 Å². The van der Waals surface area contributed by atoms with Crippen molar-refractivity contribution in [3.63, 3.8) is 0 Å². The van der Waals surface area contributed by atoms with Crippen molar-refractivity contribution in [2.45, 2.75) is 31.8 Å². The third-order valence-corrected chi connectivity index (χ3v) is 5.58. The lowest BCUT2D eigenvalue weighted by molar-refractivity contribution is -0.163. The highest BCUT2D eigenvalue weighted by molar-refractivity contribution is 5.76. The molecule has 0 amide bonds. The number of benzene rings is 2. The summed E-state index contributed by atoms with van der Waals surface area (Å²) in [6.45, 7) is 2.25. The van der Waals surface area contributed by atoms with Gasteiger partial charge in [-0.15, -0.1) is 0 Å². The Morgan fingerprint density at radius 3 is 2.69 bits per heavy atom. The number of hydrogen-bond acceptors (Lipinski definition) is 4. The molecule has 1 aliphatic rings. The van der Waals surface area contributed by atoms with Crippen LogP contribution in [0.3, 0.4) is 0 Å². The minimum atomic E-state index is -1.33. The number of unbranched alkanes of at least 4 members (excludes halogenated alkanes) is 1. The predicted octanol–water partition coefficient (Wildman–Crippen LogP) is 3.37. The molecule has 3 rings (SSSR count). The van der Waals surface area contributed by atoms with E-state index >= 15 is 0 Å². The lowest BCUT2D eigenvalue weighted by Gasteiger charge is -2.43. The van der Waals surface area contributed by atoms with Crippen molar-refractivity contribution >= 4 is 5.97 Å². The number of hydrogen-bond donors (Lipinski definition) is 2. The number of likely N-dealkylation sites (tertiary alicyclic amines) is 1. The van der Waals surface area contributed by atoms with Gasteiger partial charge in [0.1, 0.15) is 17.0 Å². The van der Waals surface area contributed by atoms with Crippen LogP contribution in [-0.4, -0.2) is 53.4 Å². The predicted molar refractivity (Wildman–Crippen MR) is 108 cm³/mol. The summed E-state index contributed by atoms with van der Waals surface area (Å²) >= 11 is 0. The fraction of sp³-hybridized carbons (Fsp3) is 0.435. The summed E-state index contributed by atoms with van der Waals surface area (Å²) in [5, 5.41) is 20.5. The van der Waals surface area contributed by atoms with E-state index in [2.05, 4.69) is 4.90 Å². The van der Waals surface area contributed by atoms with Crippen LogP contribution in [-0.2, 0) is 11.2 Å². The molecule has 1 heterocycles. The standard InChI is InChI=1S/C23H28FNO4/c24-19-8-6-7-18(15-19)16-23(22(27)28)17-25(13-11-21(23)26)12-4-5-14-29-20-9-2-1-3-10-20/h1-3,6-10,15,21,26H,4-5,11-14,16-17H2,(H,27,28)/t21-,23-/m1/s1. The smallest absolute Gasteiger partial charge is 0.313 e. The van der Waals surface area contributed by atoms with E-state index in [1.165, 1.54) is 12.1 Å². The van der Waals surface area contributed by atoms with E-state index in [9.17, 15) is 19.4 Å². The SMILES string of the molecule is O=C(O)[C@]1(Cc2cccc(F)c2)CN(CCCCOc2ccccc2)CC[C@H]1O. The Kier molecular flexibility index (Phi) is 7.23. The van der Waals surface area contributed by atoms with Gasteiger partial charge in [-0.3, -0.25) is 4.79 Å². The van der Waals surface area contributed by atoms with Gasteiger partial charge in [-0.2, -0.15) is 0 Å². The Labute approximate surface area is 170 Å². The van der Waals surface area contributed by atoms with Gasteiger partial charge in [0.05, 0.1) is 12.7 Å². The van der Waals surface area contributed by atoms with Gasteiger partial charge in [-0.1, -0.05) is 30.3 Å². The van der Waals surface area contributed by atoms with Gasteiger partial charge in [0, 0.05) is 13.1 Å². The second-order valence-electron chi connectivity index (χ2n) is 7.72. The Hall–Kier alpha value is -2.44. The Balaban J connectivity index is 1.55. The lowest BCUT2D eigenvalue weighted by atomic mass is 9.73. The first kappa shape index (κ1) is 21.3. The largest absolute Gasteiger partial charge is 0.494 e. The first-order chi connectivity index (χ1) is 14.0. The maximum absolute atomic E-state index is 13.6. The summed E-state index contributed by atoms with van der Waals surface area (Å²) in [6.07, 6.45) is 1.27. The topological polar surface area (TPSA) is 70.0 Å². The Bertz CT molecular complexity index is 800. The first-order valence-electron chi connectivity index (χ1n) is 10.1. The minimum Gasteiger partial charge on any atom is -0.494 e. The van der Waals surface area contributed by atoms with Crippen LogP contribution >= 0.6 is 0 Å². The van der Waals surface area contributed by atoms with Crippen molar-refractivity contribution in [1.82, 2.24) is 4.90 Å². The number of carbonyl (C=O) groups is 1. The summed E-state index contributed by atoms with van der Waals surface area (Å²) in [5.41, 5.74) is -0.739. The van der Waals surface area contributed by atoms with Gasteiger partial charge in [-0.25, -0.2) is 4.39 Å². The Morgan fingerprint density at radius 2 is 1.97 bits per heavy atom. The van der Waals surface area contributed by atoms with Gasteiger partial charge in [0.25, 0.3) is 0 Å².